The van der Waals surface area contributed by atoms with Crippen LogP contribution in [0.4, 0.5) is 4.79 Å². The van der Waals surface area contributed by atoms with Crippen LogP contribution in [0.3, 0.4) is 0 Å². The SMILES string of the molecule is COC(=O)N1CCN(C(=O)Cc2ccn(C)c2)CC1. The first-order valence-electron chi connectivity index (χ1n) is 6.31. The van der Waals surface area contributed by atoms with Gasteiger partial charge in [0.2, 0.25) is 5.91 Å². The molecule has 0 bridgehead atoms. The maximum atomic E-state index is 12.1. The molecule has 0 aliphatic carbocycles. The molecule has 2 rings (SSSR count). The normalized spacial score (nSPS) is 15.5. The van der Waals surface area contributed by atoms with Gasteiger partial charge in [-0.05, 0) is 11.6 Å². The van der Waals surface area contributed by atoms with Gasteiger partial charge in [-0.1, -0.05) is 0 Å². The Kier molecular flexibility index (Phi) is 4.09. The van der Waals surface area contributed by atoms with Crippen LogP contribution in [0.5, 0.6) is 0 Å². The summed E-state index contributed by atoms with van der Waals surface area (Å²) in [6.45, 7) is 2.21. The average molecular weight is 265 g/mol. The second-order valence-corrected chi connectivity index (χ2v) is 4.70. The van der Waals surface area contributed by atoms with Crippen LogP contribution in [-0.4, -0.2) is 59.7 Å². The van der Waals surface area contributed by atoms with Crippen LogP contribution in [0, 0.1) is 0 Å². The second-order valence-electron chi connectivity index (χ2n) is 4.70. The number of carbonyl (C=O) groups excluding carboxylic acids is 2. The Hall–Kier alpha value is -1.98. The highest BCUT2D eigenvalue weighted by Crippen LogP contribution is 2.08. The molecule has 0 unspecified atom stereocenters. The predicted octanol–water partition coefficient (Wildman–Crippen LogP) is 0.478. The topological polar surface area (TPSA) is 54.8 Å². The molecule has 2 heterocycles. The number of rotatable bonds is 2. The van der Waals surface area contributed by atoms with Gasteiger partial charge in [-0.25, -0.2) is 4.79 Å². The minimum Gasteiger partial charge on any atom is -0.453 e. The fraction of sp³-hybridized carbons (Fsp3) is 0.538. The molecule has 0 saturated carbocycles. The van der Waals surface area contributed by atoms with Crippen LogP contribution in [0.25, 0.3) is 0 Å². The number of ether oxygens (including phenoxy) is 1. The van der Waals surface area contributed by atoms with E-state index in [1.807, 2.05) is 30.1 Å². The molecule has 1 aromatic rings. The molecular formula is C13H19N3O3. The van der Waals surface area contributed by atoms with Gasteiger partial charge in [-0.15, -0.1) is 0 Å². The molecular weight excluding hydrogens is 246 g/mol. The molecule has 1 aliphatic heterocycles. The lowest BCUT2D eigenvalue weighted by atomic mass is 10.2. The summed E-state index contributed by atoms with van der Waals surface area (Å²) in [5, 5.41) is 0. The quantitative estimate of drug-likeness (QED) is 0.781. The number of hydrogen-bond acceptors (Lipinski definition) is 3. The van der Waals surface area contributed by atoms with Crippen LogP contribution in [0.15, 0.2) is 18.5 Å². The zero-order valence-electron chi connectivity index (χ0n) is 11.3. The van der Waals surface area contributed by atoms with Gasteiger partial charge < -0.3 is 19.1 Å². The maximum absolute atomic E-state index is 12.1. The van der Waals surface area contributed by atoms with Crippen molar-refractivity contribution >= 4 is 12.0 Å². The van der Waals surface area contributed by atoms with E-state index in [0.29, 0.717) is 32.6 Å². The Bertz CT molecular complexity index is 461. The van der Waals surface area contributed by atoms with Crippen LogP contribution >= 0.6 is 0 Å². The van der Waals surface area contributed by atoms with Crippen LogP contribution in [0.2, 0.25) is 0 Å². The smallest absolute Gasteiger partial charge is 0.409 e. The van der Waals surface area contributed by atoms with Crippen molar-refractivity contribution in [2.75, 3.05) is 33.3 Å². The first-order chi connectivity index (χ1) is 9.10. The van der Waals surface area contributed by atoms with Crippen LogP contribution < -0.4 is 0 Å². The number of aromatic nitrogens is 1. The summed E-state index contributed by atoms with van der Waals surface area (Å²) in [5.74, 6) is 0.107. The van der Waals surface area contributed by atoms with Crippen molar-refractivity contribution in [1.29, 1.82) is 0 Å². The Morgan fingerprint density at radius 3 is 2.37 bits per heavy atom. The minimum atomic E-state index is -0.324. The zero-order valence-corrected chi connectivity index (χ0v) is 11.3. The van der Waals surface area contributed by atoms with Gasteiger partial charge in [0.1, 0.15) is 0 Å². The van der Waals surface area contributed by atoms with E-state index in [1.54, 1.807) is 9.80 Å². The Labute approximate surface area is 112 Å². The van der Waals surface area contributed by atoms with E-state index in [4.69, 9.17) is 0 Å². The molecule has 1 aliphatic rings. The second kappa shape index (κ2) is 5.77. The number of methoxy groups -OCH3 is 1. The molecule has 1 aromatic heterocycles. The minimum absolute atomic E-state index is 0.107. The van der Waals surface area contributed by atoms with Crippen molar-refractivity contribution in [2.24, 2.45) is 7.05 Å². The monoisotopic (exact) mass is 265 g/mol. The van der Waals surface area contributed by atoms with E-state index in [2.05, 4.69) is 4.74 Å². The molecule has 0 spiro atoms. The van der Waals surface area contributed by atoms with Crippen molar-refractivity contribution < 1.29 is 14.3 Å². The van der Waals surface area contributed by atoms with Gasteiger partial charge in [0.25, 0.3) is 0 Å². The number of aryl methyl sites for hydroxylation is 1. The standard InChI is InChI=1S/C13H19N3O3/c1-14-4-3-11(10-14)9-12(17)15-5-7-16(8-6-15)13(18)19-2/h3-4,10H,5-9H2,1-2H3. The number of amides is 2. The van der Waals surface area contributed by atoms with E-state index >= 15 is 0 Å². The fourth-order valence-electron chi connectivity index (χ4n) is 2.22. The summed E-state index contributed by atoms with van der Waals surface area (Å²) < 4.78 is 6.59. The number of piperazine rings is 1. The highest BCUT2D eigenvalue weighted by Gasteiger charge is 2.24. The average Bonchev–Trinajstić information content (AvgIpc) is 2.83. The van der Waals surface area contributed by atoms with Gasteiger partial charge in [0, 0.05) is 45.6 Å². The van der Waals surface area contributed by atoms with Gasteiger partial charge >= 0.3 is 6.09 Å². The zero-order chi connectivity index (χ0) is 13.8. The molecule has 0 atom stereocenters. The Morgan fingerprint density at radius 1 is 1.21 bits per heavy atom. The lowest BCUT2D eigenvalue weighted by Crippen LogP contribution is -2.50. The summed E-state index contributed by atoms with van der Waals surface area (Å²) in [7, 11) is 3.30. The molecule has 0 aromatic carbocycles. The van der Waals surface area contributed by atoms with Crippen molar-refractivity contribution in [3.8, 4) is 0 Å². The molecule has 1 saturated heterocycles. The number of hydrogen-bond donors (Lipinski definition) is 0. The molecule has 1 fully saturated rings. The van der Waals surface area contributed by atoms with Gasteiger partial charge in [-0.2, -0.15) is 0 Å². The van der Waals surface area contributed by atoms with Crippen LogP contribution in [0.1, 0.15) is 5.56 Å². The van der Waals surface area contributed by atoms with Crippen molar-refractivity contribution in [3.05, 3.63) is 24.0 Å². The number of nitrogens with zero attached hydrogens (tertiary/aromatic N) is 3. The van der Waals surface area contributed by atoms with E-state index < -0.39 is 0 Å². The van der Waals surface area contributed by atoms with Crippen molar-refractivity contribution in [1.82, 2.24) is 14.4 Å². The van der Waals surface area contributed by atoms with E-state index in [-0.39, 0.29) is 12.0 Å². The first-order valence-corrected chi connectivity index (χ1v) is 6.31. The summed E-state index contributed by atoms with van der Waals surface area (Å²) >= 11 is 0. The molecule has 19 heavy (non-hydrogen) atoms. The molecule has 0 N–H and O–H groups in total. The lowest BCUT2D eigenvalue weighted by molar-refractivity contribution is -0.132. The summed E-state index contributed by atoms with van der Waals surface area (Å²) in [4.78, 5) is 26.9. The molecule has 2 amide bonds. The van der Waals surface area contributed by atoms with Crippen molar-refractivity contribution in [3.63, 3.8) is 0 Å². The molecule has 6 nitrogen and oxygen atoms in total. The highest BCUT2D eigenvalue weighted by molar-refractivity contribution is 5.79. The summed E-state index contributed by atoms with van der Waals surface area (Å²) in [5.41, 5.74) is 1.02. The van der Waals surface area contributed by atoms with E-state index in [9.17, 15) is 9.59 Å². The largest absolute Gasteiger partial charge is 0.453 e. The molecule has 6 heteroatoms. The maximum Gasteiger partial charge on any atom is 0.409 e. The van der Waals surface area contributed by atoms with Gasteiger partial charge in [0.15, 0.2) is 0 Å². The summed E-state index contributed by atoms with van der Waals surface area (Å²) in [6, 6.07) is 1.95. The number of carbonyl (C=O) groups is 2. The summed E-state index contributed by atoms with van der Waals surface area (Å²) in [6.07, 6.45) is 3.97. The third kappa shape index (κ3) is 3.27. The predicted molar refractivity (Wildman–Crippen MR) is 69.7 cm³/mol. The Balaban J connectivity index is 1.84. The van der Waals surface area contributed by atoms with Gasteiger partial charge in [-0.3, -0.25) is 4.79 Å². The first kappa shape index (κ1) is 13.5. The van der Waals surface area contributed by atoms with Crippen molar-refractivity contribution in [2.45, 2.75) is 6.42 Å². The fourth-order valence-corrected chi connectivity index (χ4v) is 2.22. The van der Waals surface area contributed by atoms with Gasteiger partial charge in [0.05, 0.1) is 13.5 Å². The lowest BCUT2D eigenvalue weighted by Gasteiger charge is -2.33. The van der Waals surface area contributed by atoms with E-state index in [1.165, 1.54) is 7.11 Å². The Morgan fingerprint density at radius 2 is 1.84 bits per heavy atom. The molecule has 0 radical (unpaired) electrons. The third-order valence-corrected chi connectivity index (χ3v) is 3.31. The van der Waals surface area contributed by atoms with Crippen LogP contribution in [-0.2, 0) is 23.0 Å². The van der Waals surface area contributed by atoms with E-state index in [0.717, 1.165) is 5.56 Å². The highest BCUT2D eigenvalue weighted by atomic mass is 16.5. The third-order valence-electron chi connectivity index (χ3n) is 3.31. The molecule has 104 valence electrons.